The Bertz CT molecular complexity index is 2640. The fourth-order valence-corrected chi connectivity index (χ4v) is 9.56. The van der Waals surface area contributed by atoms with E-state index in [4.69, 9.17) is 0 Å². The third-order valence-electron chi connectivity index (χ3n) is 11.8. The van der Waals surface area contributed by atoms with Gasteiger partial charge < -0.3 is 9.80 Å². The van der Waals surface area contributed by atoms with Crippen LogP contribution in [0, 0.1) is 0 Å². The minimum atomic E-state index is -1.30. The van der Waals surface area contributed by atoms with Gasteiger partial charge in [0.05, 0.1) is 8.07 Å². The summed E-state index contributed by atoms with van der Waals surface area (Å²) < 4.78 is 0. The third kappa shape index (κ3) is 8.68. The molecule has 0 atom stereocenters. The lowest BCUT2D eigenvalue weighted by Crippen LogP contribution is -2.37. The van der Waals surface area contributed by atoms with E-state index in [2.05, 4.69) is 242 Å². The van der Waals surface area contributed by atoms with Crippen LogP contribution in [0.15, 0.2) is 200 Å². The van der Waals surface area contributed by atoms with E-state index >= 15 is 0 Å². The van der Waals surface area contributed by atoms with Crippen molar-refractivity contribution in [1.82, 2.24) is 0 Å². The van der Waals surface area contributed by atoms with Crippen LogP contribution in [0.1, 0.15) is 35.1 Å². The minimum Gasteiger partial charge on any atom is -0.311 e. The molecular weight excluding hydrogens is 741 g/mol. The summed E-state index contributed by atoms with van der Waals surface area (Å²) in [5.41, 5.74) is 17.1. The lowest BCUT2D eigenvalue weighted by atomic mass is 9.91. The van der Waals surface area contributed by atoms with Crippen LogP contribution in [0.4, 0.5) is 34.1 Å². The molecule has 0 unspecified atom stereocenters. The SMILES string of the molecule is C[Si](C)(C)c1ccc(-c2ccc(/C=C/c3ccc(-c4ccc(N(c5ccc(N(c6ccccc6)c6ccccc6)cc5)c5ccc6c(c5)CCCC6)cc4)cc3)cc2)cc1. The molecule has 0 fully saturated rings. The summed E-state index contributed by atoms with van der Waals surface area (Å²) in [5.74, 6) is 0. The molecule has 8 aromatic rings. The molecule has 0 saturated carbocycles. The summed E-state index contributed by atoms with van der Waals surface area (Å²) in [4.78, 5) is 4.72. The van der Waals surface area contributed by atoms with Gasteiger partial charge in [-0.3, -0.25) is 0 Å². The highest BCUT2D eigenvalue weighted by Gasteiger charge is 2.19. The summed E-state index contributed by atoms with van der Waals surface area (Å²) in [5, 5.41) is 1.49. The van der Waals surface area contributed by atoms with Crippen molar-refractivity contribution in [2.24, 2.45) is 0 Å². The third-order valence-corrected chi connectivity index (χ3v) is 13.9. The normalized spacial score (nSPS) is 12.6. The van der Waals surface area contributed by atoms with Gasteiger partial charge in [-0.1, -0.05) is 164 Å². The second kappa shape index (κ2) is 17.3. The van der Waals surface area contributed by atoms with Gasteiger partial charge in [0.25, 0.3) is 0 Å². The summed E-state index contributed by atoms with van der Waals surface area (Å²) in [6.07, 6.45) is 9.24. The number of para-hydroxylation sites is 2. The molecule has 0 spiro atoms. The van der Waals surface area contributed by atoms with Crippen LogP contribution in [0.3, 0.4) is 0 Å². The smallest absolute Gasteiger partial charge is 0.0775 e. The van der Waals surface area contributed by atoms with Gasteiger partial charge in [0, 0.05) is 34.1 Å². The topological polar surface area (TPSA) is 6.48 Å². The highest BCUT2D eigenvalue weighted by atomic mass is 28.3. The van der Waals surface area contributed by atoms with Crippen LogP contribution in [0.2, 0.25) is 19.6 Å². The van der Waals surface area contributed by atoms with Gasteiger partial charge in [-0.15, -0.1) is 0 Å². The number of anilines is 6. The number of hydrogen-bond donors (Lipinski definition) is 0. The number of hydrogen-bond acceptors (Lipinski definition) is 2. The molecule has 2 nitrogen and oxygen atoms in total. The predicted octanol–water partition coefficient (Wildman–Crippen LogP) is 15.6. The first-order valence-corrected chi connectivity index (χ1v) is 24.9. The van der Waals surface area contributed by atoms with Crippen LogP contribution < -0.4 is 15.0 Å². The van der Waals surface area contributed by atoms with Gasteiger partial charge in [0.15, 0.2) is 0 Å². The molecule has 0 bridgehead atoms. The lowest BCUT2D eigenvalue weighted by Gasteiger charge is -2.29. The zero-order valence-corrected chi connectivity index (χ0v) is 35.9. The van der Waals surface area contributed by atoms with Crippen LogP contribution in [0.25, 0.3) is 34.4 Å². The Labute approximate surface area is 357 Å². The van der Waals surface area contributed by atoms with Crippen molar-refractivity contribution >= 4 is 59.5 Å². The molecule has 0 aromatic heterocycles. The first kappa shape index (κ1) is 38.8. The van der Waals surface area contributed by atoms with Gasteiger partial charge in [-0.2, -0.15) is 0 Å². The average molecular weight is 793 g/mol. The maximum atomic E-state index is 2.42. The average Bonchev–Trinajstić information content (AvgIpc) is 3.30. The second-order valence-corrected chi connectivity index (χ2v) is 22.0. The molecule has 0 aliphatic heterocycles. The quantitative estimate of drug-likeness (QED) is 0.0951. The van der Waals surface area contributed by atoms with Crippen LogP contribution in [-0.4, -0.2) is 8.07 Å². The molecule has 0 radical (unpaired) electrons. The molecule has 9 rings (SSSR count). The highest BCUT2D eigenvalue weighted by molar-refractivity contribution is 6.88. The molecule has 8 aromatic carbocycles. The predicted molar refractivity (Wildman–Crippen MR) is 262 cm³/mol. The first-order chi connectivity index (χ1) is 29.4. The summed E-state index contributed by atoms with van der Waals surface area (Å²) in [6, 6.07) is 73.2. The standard InChI is InChI=1S/C57H52N2Si/c1-60(2,3)57-40-31-49(32-41-57)47-26-22-44(23-27-47)19-18-43-20-24-46(25-21-43)48-28-33-53(34-29-48)59(56-35-30-45-12-10-11-13-50(45)42-56)55-38-36-54(37-39-55)58(51-14-6-4-7-15-51)52-16-8-5-9-17-52/h4-9,14-42H,10-13H2,1-3H3/b19-18+. The first-order valence-electron chi connectivity index (χ1n) is 21.4. The van der Waals surface area contributed by atoms with Crippen molar-refractivity contribution in [2.75, 3.05) is 9.80 Å². The number of fused-ring (bicyclic) bond motifs is 1. The Hall–Kier alpha value is -6.68. The zero-order chi connectivity index (χ0) is 40.9. The Morgan fingerprint density at radius 1 is 0.350 bits per heavy atom. The zero-order valence-electron chi connectivity index (χ0n) is 34.9. The van der Waals surface area contributed by atoms with Crippen molar-refractivity contribution < 1.29 is 0 Å². The molecule has 0 N–H and O–H groups in total. The van der Waals surface area contributed by atoms with Crippen molar-refractivity contribution in [3.63, 3.8) is 0 Å². The van der Waals surface area contributed by atoms with E-state index in [1.54, 1.807) is 0 Å². The number of rotatable bonds is 11. The van der Waals surface area contributed by atoms with Crippen LogP contribution in [0.5, 0.6) is 0 Å². The molecule has 294 valence electrons. The summed E-state index contributed by atoms with van der Waals surface area (Å²) in [6.45, 7) is 7.18. The van der Waals surface area contributed by atoms with Gasteiger partial charge in [0.2, 0.25) is 0 Å². The Morgan fingerprint density at radius 3 is 1.15 bits per heavy atom. The Balaban J connectivity index is 0.949. The van der Waals surface area contributed by atoms with E-state index in [-0.39, 0.29) is 0 Å². The fourth-order valence-electron chi connectivity index (χ4n) is 8.39. The molecule has 1 aliphatic carbocycles. The van der Waals surface area contributed by atoms with Gasteiger partial charge >= 0.3 is 0 Å². The van der Waals surface area contributed by atoms with Crippen molar-refractivity contribution in [3.05, 3.63) is 222 Å². The Morgan fingerprint density at radius 2 is 0.700 bits per heavy atom. The largest absolute Gasteiger partial charge is 0.311 e. The van der Waals surface area contributed by atoms with Crippen molar-refractivity contribution in [2.45, 2.75) is 45.3 Å². The maximum absolute atomic E-state index is 2.42. The molecule has 1 aliphatic rings. The maximum Gasteiger partial charge on any atom is 0.0775 e. The van der Waals surface area contributed by atoms with E-state index < -0.39 is 8.07 Å². The van der Waals surface area contributed by atoms with Crippen molar-refractivity contribution in [1.29, 1.82) is 0 Å². The summed E-state index contributed by atoms with van der Waals surface area (Å²) >= 11 is 0. The summed E-state index contributed by atoms with van der Waals surface area (Å²) in [7, 11) is -1.30. The van der Waals surface area contributed by atoms with E-state index in [0.717, 1.165) is 34.9 Å². The molecule has 60 heavy (non-hydrogen) atoms. The van der Waals surface area contributed by atoms with E-state index in [9.17, 15) is 0 Å². The minimum absolute atomic E-state index is 1.12. The monoisotopic (exact) mass is 792 g/mol. The van der Waals surface area contributed by atoms with Gasteiger partial charge in [0.1, 0.15) is 0 Å². The molecule has 0 heterocycles. The molecule has 3 heteroatoms. The highest BCUT2D eigenvalue weighted by Crippen LogP contribution is 2.40. The number of benzene rings is 8. The molecule has 0 saturated heterocycles. The Kier molecular flexibility index (Phi) is 11.2. The van der Waals surface area contributed by atoms with E-state index in [1.807, 2.05) is 0 Å². The second-order valence-electron chi connectivity index (χ2n) is 17.0. The molecule has 0 amide bonds. The van der Waals surface area contributed by atoms with E-state index in [1.165, 1.54) is 74.6 Å². The van der Waals surface area contributed by atoms with Gasteiger partial charge in [-0.05, 0) is 143 Å². The molecular formula is C57H52N2Si. The van der Waals surface area contributed by atoms with E-state index in [0.29, 0.717) is 0 Å². The number of nitrogens with zero attached hydrogens (tertiary/aromatic N) is 2. The van der Waals surface area contributed by atoms with Crippen LogP contribution in [-0.2, 0) is 12.8 Å². The number of aryl methyl sites for hydroxylation is 2. The van der Waals surface area contributed by atoms with Gasteiger partial charge in [-0.25, -0.2) is 0 Å². The lowest BCUT2D eigenvalue weighted by molar-refractivity contribution is 0.685. The van der Waals surface area contributed by atoms with Crippen LogP contribution >= 0.6 is 0 Å². The van der Waals surface area contributed by atoms with Crippen molar-refractivity contribution in [3.8, 4) is 22.3 Å². The fraction of sp³-hybridized carbons (Fsp3) is 0.123.